The maximum atomic E-state index is 6.06. The number of fused-ring (bicyclic) bond motifs is 1. The van der Waals surface area contributed by atoms with E-state index in [1.54, 1.807) is 12.4 Å². The Kier molecular flexibility index (Phi) is 5.22. The van der Waals surface area contributed by atoms with Crippen molar-refractivity contribution in [1.29, 1.82) is 0 Å². The van der Waals surface area contributed by atoms with Crippen LogP contribution in [0, 0.1) is 0 Å². The van der Waals surface area contributed by atoms with E-state index < -0.39 is 0 Å². The van der Waals surface area contributed by atoms with Gasteiger partial charge >= 0.3 is 0 Å². The summed E-state index contributed by atoms with van der Waals surface area (Å²) in [5.41, 5.74) is 3.94. The molecule has 4 heterocycles. The Morgan fingerprint density at radius 2 is 1.90 bits per heavy atom. The molecule has 5 rings (SSSR count). The Balaban J connectivity index is 1.37. The fourth-order valence-corrected chi connectivity index (χ4v) is 3.57. The van der Waals surface area contributed by atoms with Gasteiger partial charge in [0, 0.05) is 60.6 Å². The Morgan fingerprint density at radius 3 is 2.77 bits per heavy atom. The molecule has 0 radical (unpaired) electrons. The maximum Gasteiger partial charge on any atom is 0.229 e. The minimum Gasteiger partial charge on any atom is -0.477 e. The van der Waals surface area contributed by atoms with E-state index in [0.717, 1.165) is 36.3 Å². The minimum absolute atomic E-state index is 0.520. The largest absolute Gasteiger partial charge is 0.477 e. The van der Waals surface area contributed by atoms with E-state index in [0.29, 0.717) is 31.6 Å². The summed E-state index contributed by atoms with van der Waals surface area (Å²) < 4.78 is 11.5. The van der Waals surface area contributed by atoms with Gasteiger partial charge in [0.2, 0.25) is 11.8 Å². The number of ether oxygens (including phenoxy) is 2. The summed E-state index contributed by atoms with van der Waals surface area (Å²) in [6.07, 6.45) is 7.82. The SMILES string of the molecule is c1ccc2c(CCOc3cc(-c4cncnc4)nc(N4CCOCC4)n3)c[nH]c2c1. The summed E-state index contributed by atoms with van der Waals surface area (Å²) >= 11 is 0. The summed E-state index contributed by atoms with van der Waals surface area (Å²) in [5, 5.41) is 1.22. The average Bonchev–Trinajstić information content (AvgIpc) is 3.23. The van der Waals surface area contributed by atoms with Crippen molar-refractivity contribution >= 4 is 16.9 Å². The highest BCUT2D eigenvalue weighted by Gasteiger charge is 2.17. The van der Waals surface area contributed by atoms with Gasteiger partial charge in [0.05, 0.1) is 25.5 Å². The second-order valence-electron chi connectivity index (χ2n) is 7.08. The summed E-state index contributed by atoms with van der Waals surface area (Å²) in [5.74, 6) is 1.19. The number of nitrogens with zero attached hydrogens (tertiary/aromatic N) is 5. The number of aromatic nitrogens is 5. The molecule has 1 aliphatic heterocycles. The van der Waals surface area contributed by atoms with Crippen molar-refractivity contribution in [3.63, 3.8) is 0 Å². The molecule has 1 aromatic carbocycles. The molecule has 0 saturated carbocycles. The molecule has 0 bridgehead atoms. The van der Waals surface area contributed by atoms with E-state index in [4.69, 9.17) is 14.5 Å². The zero-order valence-corrected chi connectivity index (χ0v) is 16.5. The molecular weight excluding hydrogens is 380 g/mol. The predicted molar refractivity (Wildman–Crippen MR) is 114 cm³/mol. The normalized spacial score (nSPS) is 14.2. The lowest BCUT2D eigenvalue weighted by atomic mass is 10.1. The number of hydrogen-bond acceptors (Lipinski definition) is 7. The fraction of sp³-hybridized carbons (Fsp3) is 0.273. The van der Waals surface area contributed by atoms with Gasteiger partial charge in [0.1, 0.15) is 6.33 Å². The quantitative estimate of drug-likeness (QED) is 0.530. The van der Waals surface area contributed by atoms with Crippen LogP contribution >= 0.6 is 0 Å². The molecule has 152 valence electrons. The molecule has 4 aromatic rings. The molecule has 3 aromatic heterocycles. The first-order chi connectivity index (χ1) is 14.9. The van der Waals surface area contributed by atoms with E-state index in [-0.39, 0.29) is 0 Å². The van der Waals surface area contributed by atoms with Crippen molar-refractivity contribution in [1.82, 2.24) is 24.9 Å². The van der Waals surface area contributed by atoms with Crippen molar-refractivity contribution in [2.45, 2.75) is 6.42 Å². The number of para-hydroxylation sites is 1. The Labute approximate surface area is 173 Å². The first-order valence-corrected chi connectivity index (χ1v) is 10.0. The number of aromatic amines is 1. The highest BCUT2D eigenvalue weighted by molar-refractivity contribution is 5.83. The third-order valence-electron chi connectivity index (χ3n) is 5.14. The molecule has 1 N–H and O–H groups in total. The third kappa shape index (κ3) is 3.95. The lowest BCUT2D eigenvalue weighted by Gasteiger charge is -2.27. The Morgan fingerprint density at radius 1 is 1.07 bits per heavy atom. The Hall–Kier alpha value is -3.52. The smallest absolute Gasteiger partial charge is 0.229 e. The van der Waals surface area contributed by atoms with Gasteiger partial charge in [0.25, 0.3) is 0 Å². The highest BCUT2D eigenvalue weighted by atomic mass is 16.5. The van der Waals surface area contributed by atoms with Gasteiger partial charge < -0.3 is 19.4 Å². The van der Waals surface area contributed by atoms with Gasteiger partial charge in [0.15, 0.2) is 0 Å². The third-order valence-corrected chi connectivity index (χ3v) is 5.14. The predicted octanol–water partition coefficient (Wildman–Crippen LogP) is 2.87. The zero-order chi connectivity index (χ0) is 20.2. The standard InChI is InChI=1S/C22H22N6O2/c1-2-4-19-18(3-1)16(14-25-19)5-8-30-21-11-20(17-12-23-15-24-13-17)26-22(27-21)28-6-9-29-10-7-28/h1-4,11-15,25H,5-10H2. The number of morpholine rings is 1. The van der Waals surface area contributed by atoms with E-state index in [1.165, 1.54) is 17.3 Å². The van der Waals surface area contributed by atoms with Crippen LogP contribution in [0.5, 0.6) is 5.88 Å². The van der Waals surface area contributed by atoms with Crippen LogP contribution in [0.1, 0.15) is 5.56 Å². The monoisotopic (exact) mass is 402 g/mol. The second-order valence-corrected chi connectivity index (χ2v) is 7.08. The number of benzene rings is 1. The molecule has 30 heavy (non-hydrogen) atoms. The zero-order valence-electron chi connectivity index (χ0n) is 16.5. The summed E-state index contributed by atoms with van der Waals surface area (Å²) in [7, 11) is 0. The van der Waals surface area contributed by atoms with Crippen LogP contribution in [-0.4, -0.2) is 57.8 Å². The molecule has 0 amide bonds. The highest BCUT2D eigenvalue weighted by Crippen LogP contribution is 2.24. The number of rotatable bonds is 6. The lowest BCUT2D eigenvalue weighted by molar-refractivity contribution is 0.122. The van der Waals surface area contributed by atoms with Crippen molar-refractivity contribution < 1.29 is 9.47 Å². The summed E-state index contributed by atoms with van der Waals surface area (Å²) in [4.78, 5) is 23.0. The fourth-order valence-electron chi connectivity index (χ4n) is 3.57. The van der Waals surface area contributed by atoms with Gasteiger partial charge in [-0.3, -0.25) is 0 Å². The van der Waals surface area contributed by atoms with E-state index in [1.807, 2.05) is 24.4 Å². The van der Waals surface area contributed by atoms with Crippen molar-refractivity contribution in [3.05, 3.63) is 60.8 Å². The van der Waals surface area contributed by atoms with Gasteiger partial charge in [-0.2, -0.15) is 4.98 Å². The van der Waals surface area contributed by atoms with Crippen molar-refractivity contribution in [2.75, 3.05) is 37.8 Å². The van der Waals surface area contributed by atoms with Crippen molar-refractivity contribution in [2.24, 2.45) is 0 Å². The van der Waals surface area contributed by atoms with Crippen LogP contribution in [0.2, 0.25) is 0 Å². The van der Waals surface area contributed by atoms with Crippen LogP contribution in [-0.2, 0) is 11.2 Å². The lowest BCUT2D eigenvalue weighted by Crippen LogP contribution is -2.37. The van der Waals surface area contributed by atoms with E-state index in [9.17, 15) is 0 Å². The van der Waals surface area contributed by atoms with Crippen LogP contribution in [0.3, 0.4) is 0 Å². The minimum atomic E-state index is 0.520. The van der Waals surface area contributed by atoms with E-state index in [2.05, 4.69) is 37.0 Å². The number of H-pyrrole nitrogens is 1. The molecule has 0 unspecified atom stereocenters. The number of anilines is 1. The van der Waals surface area contributed by atoms with Crippen LogP contribution < -0.4 is 9.64 Å². The molecule has 0 spiro atoms. The van der Waals surface area contributed by atoms with Crippen LogP contribution in [0.4, 0.5) is 5.95 Å². The van der Waals surface area contributed by atoms with E-state index >= 15 is 0 Å². The summed E-state index contributed by atoms with van der Waals surface area (Å²) in [6.45, 7) is 3.36. The van der Waals surface area contributed by atoms with Gasteiger partial charge in [-0.1, -0.05) is 18.2 Å². The average molecular weight is 402 g/mol. The van der Waals surface area contributed by atoms with Crippen LogP contribution in [0.25, 0.3) is 22.2 Å². The molecule has 1 fully saturated rings. The molecule has 1 saturated heterocycles. The first-order valence-electron chi connectivity index (χ1n) is 10.0. The molecule has 0 aliphatic carbocycles. The second kappa shape index (κ2) is 8.46. The molecule has 1 aliphatic rings. The topological polar surface area (TPSA) is 89.1 Å². The number of nitrogens with one attached hydrogen (secondary N) is 1. The molecule has 0 atom stereocenters. The maximum absolute atomic E-state index is 6.06. The molecule has 8 heteroatoms. The van der Waals surface area contributed by atoms with Gasteiger partial charge in [-0.05, 0) is 11.6 Å². The summed E-state index contributed by atoms with van der Waals surface area (Å²) in [6, 6.07) is 10.1. The number of hydrogen-bond donors (Lipinski definition) is 1. The first kappa shape index (κ1) is 18.5. The molecular formula is C22H22N6O2. The van der Waals surface area contributed by atoms with Gasteiger partial charge in [-0.15, -0.1) is 0 Å². The van der Waals surface area contributed by atoms with Crippen LogP contribution in [0.15, 0.2) is 55.2 Å². The van der Waals surface area contributed by atoms with Crippen molar-refractivity contribution in [3.8, 4) is 17.1 Å². The Bertz CT molecular complexity index is 1120. The van der Waals surface area contributed by atoms with Gasteiger partial charge in [-0.25, -0.2) is 15.0 Å². The molecule has 8 nitrogen and oxygen atoms in total.